The molecule has 0 radical (unpaired) electrons. The van der Waals surface area contributed by atoms with Crippen molar-refractivity contribution in [1.29, 1.82) is 0 Å². The molecule has 0 N–H and O–H groups in total. The fourth-order valence-electron chi connectivity index (χ4n) is 4.05. The van der Waals surface area contributed by atoms with Crippen LogP contribution in [0.1, 0.15) is 37.6 Å². The molecule has 2 aliphatic heterocycles. The zero-order valence-corrected chi connectivity index (χ0v) is 18.5. The number of carbonyl (C=O) groups is 1. The summed E-state index contributed by atoms with van der Waals surface area (Å²) < 4.78 is 7.73. The Morgan fingerprint density at radius 3 is 2.67 bits per heavy atom. The Morgan fingerprint density at radius 2 is 1.90 bits per heavy atom. The molecule has 7 nitrogen and oxygen atoms in total. The minimum Gasteiger partial charge on any atom is -0.375 e. The molecular formula is C22H31N5O2S. The molecule has 0 saturated carbocycles. The van der Waals surface area contributed by atoms with Gasteiger partial charge in [0.05, 0.1) is 31.6 Å². The Kier molecular flexibility index (Phi) is 7.41. The van der Waals surface area contributed by atoms with Crippen molar-refractivity contribution in [2.75, 3.05) is 38.5 Å². The summed E-state index contributed by atoms with van der Waals surface area (Å²) in [5.41, 5.74) is 1.22. The number of rotatable bonds is 7. The maximum atomic E-state index is 12.7. The smallest absolute Gasteiger partial charge is 0.233 e. The van der Waals surface area contributed by atoms with E-state index in [4.69, 9.17) is 4.74 Å². The van der Waals surface area contributed by atoms with Gasteiger partial charge in [-0.3, -0.25) is 9.69 Å². The molecule has 8 heteroatoms. The molecule has 2 fully saturated rings. The van der Waals surface area contributed by atoms with Gasteiger partial charge >= 0.3 is 0 Å². The van der Waals surface area contributed by atoms with Gasteiger partial charge in [-0.15, -0.1) is 10.2 Å². The van der Waals surface area contributed by atoms with Crippen LogP contribution >= 0.6 is 11.8 Å². The number of hydrogen-bond acceptors (Lipinski definition) is 6. The Hall–Kier alpha value is -1.90. The minimum atomic E-state index is 0.102. The fourth-order valence-corrected chi connectivity index (χ4v) is 4.91. The number of carbonyl (C=O) groups excluding carboxylic acids is 1. The highest BCUT2D eigenvalue weighted by Gasteiger charge is 2.23. The van der Waals surface area contributed by atoms with E-state index in [1.165, 1.54) is 36.6 Å². The average molecular weight is 430 g/mol. The maximum Gasteiger partial charge on any atom is 0.233 e. The molecule has 2 aromatic rings. The van der Waals surface area contributed by atoms with E-state index in [1.807, 2.05) is 17.9 Å². The first-order chi connectivity index (χ1) is 14.7. The van der Waals surface area contributed by atoms with E-state index >= 15 is 0 Å². The van der Waals surface area contributed by atoms with E-state index in [9.17, 15) is 4.79 Å². The van der Waals surface area contributed by atoms with Crippen LogP contribution in [0.3, 0.4) is 0 Å². The van der Waals surface area contributed by atoms with Gasteiger partial charge in [-0.05, 0) is 38.4 Å². The van der Waals surface area contributed by atoms with E-state index < -0.39 is 0 Å². The van der Waals surface area contributed by atoms with E-state index in [-0.39, 0.29) is 12.0 Å². The molecule has 1 unspecified atom stereocenters. The van der Waals surface area contributed by atoms with Crippen LogP contribution in [0.5, 0.6) is 0 Å². The molecule has 30 heavy (non-hydrogen) atoms. The standard InChI is InChI=1S/C22H31N5O2S/c1-18-14-26(12-13-29-18)21(28)17-30-22-24-23-20(16-25-10-6-3-7-11-25)27(22)15-19-8-4-2-5-9-19/h2,4-5,8-9,18H,3,6-7,10-17H2,1H3. The number of aromatic nitrogens is 3. The predicted molar refractivity (Wildman–Crippen MR) is 117 cm³/mol. The molecule has 0 spiro atoms. The number of piperidine rings is 1. The average Bonchev–Trinajstić information content (AvgIpc) is 3.14. The lowest BCUT2D eigenvalue weighted by molar-refractivity contribution is -0.135. The van der Waals surface area contributed by atoms with Gasteiger partial charge in [-0.25, -0.2) is 0 Å². The number of ether oxygens (including phenoxy) is 1. The summed E-state index contributed by atoms with van der Waals surface area (Å²) in [6, 6.07) is 10.4. The highest BCUT2D eigenvalue weighted by atomic mass is 32.2. The van der Waals surface area contributed by atoms with Crippen LogP contribution in [0.15, 0.2) is 35.5 Å². The molecular weight excluding hydrogens is 398 g/mol. The second-order valence-electron chi connectivity index (χ2n) is 8.12. The zero-order chi connectivity index (χ0) is 20.8. The first kappa shape index (κ1) is 21.3. The number of nitrogens with zero attached hydrogens (tertiary/aromatic N) is 5. The molecule has 0 aliphatic carbocycles. The zero-order valence-electron chi connectivity index (χ0n) is 17.7. The highest BCUT2D eigenvalue weighted by molar-refractivity contribution is 7.99. The SMILES string of the molecule is CC1CN(C(=O)CSc2nnc(CN3CCCCC3)n2Cc2ccccc2)CCO1. The third kappa shape index (κ3) is 5.62. The second-order valence-corrected chi connectivity index (χ2v) is 9.06. The van der Waals surface area contributed by atoms with Gasteiger partial charge in [0.15, 0.2) is 5.16 Å². The van der Waals surface area contributed by atoms with E-state index in [2.05, 4.69) is 43.9 Å². The van der Waals surface area contributed by atoms with Gasteiger partial charge in [0.25, 0.3) is 0 Å². The number of hydrogen-bond donors (Lipinski definition) is 0. The molecule has 2 saturated heterocycles. The Labute approximate surface area is 182 Å². The van der Waals surface area contributed by atoms with E-state index in [0.29, 0.717) is 25.4 Å². The summed E-state index contributed by atoms with van der Waals surface area (Å²) in [4.78, 5) is 17.1. The van der Waals surface area contributed by atoms with Crippen molar-refractivity contribution < 1.29 is 9.53 Å². The lowest BCUT2D eigenvalue weighted by atomic mass is 10.1. The Bertz CT molecular complexity index is 822. The summed E-state index contributed by atoms with van der Waals surface area (Å²) in [5.74, 6) is 1.50. The van der Waals surface area contributed by atoms with Crippen LogP contribution in [0.2, 0.25) is 0 Å². The van der Waals surface area contributed by atoms with Crippen LogP contribution < -0.4 is 0 Å². The van der Waals surface area contributed by atoms with Crippen LogP contribution in [-0.2, 0) is 22.6 Å². The molecule has 0 bridgehead atoms. The number of benzene rings is 1. The van der Waals surface area contributed by atoms with Gasteiger partial charge < -0.3 is 14.2 Å². The Balaban J connectivity index is 1.46. The van der Waals surface area contributed by atoms with Crippen LogP contribution in [0, 0.1) is 0 Å². The topological polar surface area (TPSA) is 63.5 Å². The van der Waals surface area contributed by atoms with Crippen molar-refractivity contribution in [3.05, 3.63) is 41.7 Å². The lowest BCUT2D eigenvalue weighted by Gasteiger charge is -2.31. The molecule has 1 aromatic carbocycles. The number of amides is 1. The third-order valence-electron chi connectivity index (χ3n) is 5.71. The molecule has 1 aromatic heterocycles. The van der Waals surface area contributed by atoms with Gasteiger partial charge in [0, 0.05) is 13.1 Å². The van der Waals surface area contributed by atoms with E-state index in [1.54, 1.807) is 0 Å². The summed E-state index contributed by atoms with van der Waals surface area (Å²) in [7, 11) is 0. The molecule has 1 amide bonds. The number of likely N-dealkylation sites (tertiary alicyclic amines) is 1. The van der Waals surface area contributed by atoms with Crippen molar-refractivity contribution in [2.24, 2.45) is 0 Å². The fraction of sp³-hybridized carbons (Fsp3) is 0.591. The molecule has 162 valence electrons. The molecule has 3 heterocycles. The highest BCUT2D eigenvalue weighted by Crippen LogP contribution is 2.22. The molecule has 1 atom stereocenters. The van der Waals surface area contributed by atoms with Crippen LogP contribution in [0.25, 0.3) is 0 Å². The van der Waals surface area contributed by atoms with Crippen molar-refractivity contribution >= 4 is 17.7 Å². The number of morpholine rings is 1. The van der Waals surface area contributed by atoms with Crippen LogP contribution in [-0.4, -0.2) is 75.1 Å². The van der Waals surface area contributed by atoms with Gasteiger partial charge in [-0.1, -0.05) is 48.5 Å². The second kappa shape index (κ2) is 10.4. The van der Waals surface area contributed by atoms with Gasteiger partial charge in [0.1, 0.15) is 5.82 Å². The molecule has 4 rings (SSSR count). The molecule has 2 aliphatic rings. The summed E-state index contributed by atoms with van der Waals surface area (Å²) in [6.45, 7) is 7.73. The van der Waals surface area contributed by atoms with E-state index in [0.717, 1.165) is 37.2 Å². The van der Waals surface area contributed by atoms with Crippen molar-refractivity contribution in [2.45, 2.75) is 50.5 Å². The predicted octanol–water partition coefficient (Wildman–Crippen LogP) is 2.65. The third-order valence-corrected chi connectivity index (χ3v) is 6.66. The minimum absolute atomic E-state index is 0.102. The quantitative estimate of drug-likeness (QED) is 0.631. The van der Waals surface area contributed by atoms with Crippen LogP contribution in [0.4, 0.5) is 0 Å². The summed E-state index contributed by atoms with van der Waals surface area (Å²) >= 11 is 1.49. The summed E-state index contributed by atoms with van der Waals surface area (Å²) in [5, 5.41) is 9.80. The first-order valence-electron chi connectivity index (χ1n) is 10.9. The Morgan fingerprint density at radius 1 is 1.10 bits per heavy atom. The lowest BCUT2D eigenvalue weighted by Crippen LogP contribution is -2.45. The first-order valence-corrected chi connectivity index (χ1v) is 11.9. The van der Waals surface area contributed by atoms with Gasteiger partial charge in [0.2, 0.25) is 5.91 Å². The van der Waals surface area contributed by atoms with Gasteiger partial charge in [-0.2, -0.15) is 0 Å². The van der Waals surface area contributed by atoms with Crippen molar-refractivity contribution in [3.63, 3.8) is 0 Å². The van der Waals surface area contributed by atoms with Crippen molar-refractivity contribution in [3.8, 4) is 0 Å². The number of thioether (sulfide) groups is 1. The monoisotopic (exact) mass is 429 g/mol. The maximum absolute atomic E-state index is 12.7. The largest absolute Gasteiger partial charge is 0.375 e. The summed E-state index contributed by atoms with van der Waals surface area (Å²) in [6.07, 6.45) is 3.92. The van der Waals surface area contributed by atoms with Crippen molar-refractivity contribution in [1.82, 2.24) is 24.6 Å². The normalized spacial score (nSPS) is 20.4.